The molecule has 0 radical (unpaired) electrons. The molecule has 1 heterocycles. The fraction of sp³-hybridized carbons (Fsp3) is 0.176. The van der Waals surface area contributed by atoms with Gasteiger partial charge in [0.25, 0.3) is 5.56 Å². The van der Waals surface area contributed by atoms with Crippen molar-refractivity contribution in [2.75, 3.05) is 14.1 Å². The number of para-hydroxylation sites is 1. The van der Waals surface area contributed by atoms with Crippen molar-refractivity contribution in [3.05, 3.63) is 64.4 Å². The zero-order valence-corrected chi connectivity index (χ0v) is 12.1. The highest BCUT2D eigenvalue weighted by atomic mass is 16.1. The Kier molecular flexibility index (Phi) is 3.54. The van der Waals surface area contributed by atoms with Crippen LogP contribution in [-0.4, -0.2) is 29.0 Å². The molecule has 0 amide bonds. The largest absolute Gasteiger partial charge is 0.306 e. The number of benzene rings is 2. The smallest absolute Gasteiger partial charge is 0.259 e. The van der Waals surface area contributed by atoms with Crippen LogP contribution in [0.25, 0.3) is 22.3 Å². The predicted molar refractivity (Wildman–Crippen MR) is 85.2 cm³/mol. The Labute approximate surface area is 123 Å². The Morgan fingerprint density at radius 2 is 1.90 bits per heavy atom. The van der Waals surface area contributed by atoms with Crippen LogP contribution in [0.5, 0.6) is 0 Å². The fourth-order valence-electron chi connectivity index (χ4n) is 2.41. The monoisotopic (exact) mass is 279 g/mol. The fourth-order valence-corrected chi connectivity index (χ4v) is 2.41. The van der Waals surface area contributed by atoms with Crippen LogP contribution in [-0.2, 0) is 6.54 Å². The Bertz CT molecular complexity index is 837. The number of aromatic nitrogens is 2. The van der Waals surface area contributed by atoms with E-state index in [4.69, 9.17) is 0 Å². The minimum atomic E-state index is -0.103. The van der Waals surface area contributed by atoms with Crippen LogP contribution in [0.15, 0.2) is 53.3 Å². The van der Waals surface area contributed by atoms with Crippen molar-refractivity contribution in [1.29, 1.82) is 0 Å². The molecule has 0 aliphatic heterocycles. The van der Waals surface area contributed by atoms with Gasteiger partial charge in [-0.2, -0.15) is 0 Å². The Balaban J connectivity index is 2.10. The molecule has 0 aliphatic carbocycles. The lowest BCUT2D eigenvalue weighted by atomic mass is 10.1. The quantitative estimate of drug-likeness (QED) is 0.802. The molecule has 2 aromatic carbocycles. The van der Waals surface area contributed by atoms with Crippen LogP contribution in [0, 0.1) is 0 Å². The average molecular weight is 279 g/mol. The SMILES string of the molecule is CN(C)Cc1cccc(-c2nc3ccccc3c(=O)[nH]2)c1. The summed E-state index contributed by atoms with van der Waals surface area (Å²) in [4.78, 5) is 21.7. The van der Waals surface area contributed by atoms with Crippen molar-refractivity contribution in [3.63, 3.8) is 0 Å². The van der Waals surface area contributed by atoms with Gasteiger partial charge in [-0.3, -0.25) is 4.79 Å². The second kappa shape index (κ2) is 5.50. The van der Waals surface area contributed by atoms with Crippen molar-refractivity contribution in [2.45, 2.75) is 6.54 Å². The number of hydrogen-bond acceptors (Lipinski definition) is 3. The van der Waals surface area contributed by atoms with E-state index in [9.17, 15) is 4.79 Å². The summed E-state index contributed by atoms with van der Waals surface area (Å²) >= 11 is 0. The normalized spacial score (nSPS) is 11.2. The minimum absolute atomic E-state index is 0.103. The summed E-state index contributed by atoms with van der Waals surface area (Å²) in [7, 11) is 4.06. The van der Waals surface area contributed by atoms with Gasteiger partial charge in [0.05, 0.1) is 10.9 Å². The van der Waals surface area contributed by atoms with Gasteiger partial charge in [0.15, 0.2) is 0 Å². The summed E-state index contributed by atoms with van der Waals surface area (Å²) in [6.07, 6.45) is 0. The van der Waals surface area contributed by atoms with E-state index in [1.807, 2.05) is 44.4 Å². The van der Waals surface area contributed by atoms with Crippen molar-refractivity contribution >= 4 is 10.9 Å². The number of nitrogens with zero attached hydrogens (tertiary/aromatic N) is 2. The standard InChI is InChI=1S/C17H17N3O/c1-20(2)11-12-6-5-7-13(10-12)16-18-15-9-4-3-8-14(15)17(21)19-16/h3-10H,11H2,1-2H3,(H,18,19,21). The Morgan fingerprint density at radius 3 is 2.71 bits per heavy atom. The summed E-state index contributed by atoms with van der Waals surface area (Å²) in [6.45, 7) is 0.853. The maximum Gasteiger partial charge on any atom is 0.259 e. The lowest BCUT2D eigenvalue weighted by Gasteiger charge is -2.10. The van der Waals surface area contributed by atoms with E-state index >= 15 is 0 Å². The molecule has 0 unspecified atom stereocenters. The van der Waals surface area contributed by atoms with E-state index < -0.39 is 0 Å². The summed E-state index contributed by atoms with van der Waals surface area (Å²) in [5.41, 5.74) is 2.73. The van der Waals surface area contributed by atoms with Gasteiger partial charge in [-0.1, -0.05) is 30.3 Å². The third kappa shape index (κ3) is 2.85. The maximum atomic E-state index is 12.1. The first-order chi connectivity index (χ1) is 10.1. The number of fused-ring (bicyclic) bond motifs is 1. The van der Waals surface area contributed by atoms with E-state index in [1.54, 1.807) is 6.07 Å². The van der Waals surface area contributed by atoms with Gasteiger partial charge in [-0.15, -0.1) is 0 Å². The van der Waals surface area contributed by atoms with Gasteiger partial charge in [0.2, 0.25) is 0 Å². The lowest BCUT2D eigenvalue weighted by Crippen LogP contribution is -2.11. The molecule has 21 heavy (non-hydrogen) atoms. The molecule has 3 aromatic rings. The van der Waals surface area contributed by atoms with Crippen LogP contribution in [0.4, 0.5) is 0 Å². The van der Waals surface area contributed by atoms with Gasteiger partial charge in [-0.05, 0) is 37.9 Å². The molecule has 0 aliphatic rings. The third-order valence-electron chi connectivity index (χ3n) is 3.31. The highest BCUT2D eigenvalue weighted by Crippen LogP contribution is 2.18. The molecule has 1 N–H and O–H groups in total. The Hall–Kier alpha value is -2.46. The van der Waals surface area contributed by atoms with Crippen LogP contribution in [0.3, 0.4) is 0 Å². The molecule has 0 atom stereocenters. The molecular weight excluding hydrogens is 262 g/mol. The number of nitrogens with one attached hydrogen (secondary N) is 1. The summed E-state index contributed by atoms with van der Waals surface area (Å²) < 4.78 is 0. The van der Waals surface area contributed by atoms with Gasteiger partial charge < -0.3 is 9.88 Å². The van der Waals surface area contributed by atoms with E-state index in [0.717, 1.165) is 12.1 Å². The van der Waals surface area contributed by atoms with Crippen molar-refractivity contribution in [1.82, 2.24) is 14.9 Å². The topological polar surface area (TPSA) is 49.0 Å². The second-order valence-corrected chi connectivity index (χ2v) is 5.37. The summed E-state index contributed by atoms with van der Waals surface area (Å²) in [6, 6.07) is 15.5. The second-order valence-electron chi connectivity index (χ2n) is 5.37. The van der Waals surface area contributed by atoms with E-state index in [0.29, 0.717) is 16.7 Å². The average Bonchev–Trinajstić information content (AvgIpc) is 2.47. The summed E-state index contributed by atoms with van der Waals surface area (Å²) in [5, 5.41) is 0.616. The highest BCUT2D eigenvalue weighted by Gasteiger charge is 2.06. The van der Waals surface area contributed by atoms with Crippen molar-refractivity contribution < 1.29 is 0 Å². The van der Waals surface area contributed by atoms with Gasteiger partial charge in [-0.25, -0.2) is 4.98 Å². The third-order valence-corrected chi connectivity index (χ3v) is 3.31. The van der Waals surface area contributed by atoms with Gasteiger partial charge >= 0.3 is 0 Å². The van der Waals surface area contributed by atoms with E-state index in [1.165, 1.54) is 5.56 Å². The van der Waals surface area contributed by atoms with Crippen LogP contribution < -0.4 is 5.56 Å². The first-order valence-corrected chi connectivity index (χ1v) is 6.86. The molecule has 3 rings (SSSR count). The maximum absolute atomic E-state index is 12.1. The molecule has 4 heteroatoms. The molecule has 4 nitrogen and oxygen atoms in total. The number of rotatable bonds is 3. The summed E-state index contributed by atoms with van der Waals surface area (Å²) in [5.74, 6) is 0.610. The molecule has 0 spiro atoms. The number of hydrogen-bond donors (Lipinski definition) is 1. The van der Waals surface area contributed by atoms with Crippen LogP contribution >= 0.6 is 0 Å². The van der Waals surface area contributed by atoms with Crippen molar-refractivity contribution in [2.24, 2.45) is 0 Å². The zero-order chi connectivity index (χ0) is 14.8. The molecule has 106 valence electrons. The first-order valence-electron chi connectivity index (χ1n) is 6.86. The Morgan fingerprint density at radius 1 is 1.10 bits per heavy atom. The van der Waals surface area contributed by atoms with Crippen LogP contribution in [0.1, 0.15) is 5.56 Å². The highest BCUT2D eigenvalue weighted by molar-refractivity contribution is 5.79. The van der Waals surface area contributed by atoms with Gasteiger partial charge in [0.1, 0.15) is 5.82 Å². The molecule has 0 bridgehead atoms. The first kappa shape index (κ1) is 13.5. The van der Waals surface area contributed by atoms with E-state index in [-0.39, 0.29) is 5.56 Å². The van der Waals surface area contributed by atoms with Crippen molar-refractivity contribution in [3.8, 4) is 11.4 Å². The molecule has 1 aromatic heterocycles. The number of H-pyrrole nitrogens is 1. The lowest BCUT2D eigenvalue weighted by molar-refractivity contribution is 0.402. The molecule has 0 saturated carbocycles. The number of aromatic amines is 1. The minimum Gasteiger partial charge on any atom is -0.306 e. The molecule has 0 saturated heterocycles. The molecule has 0 fully saturated rings. The van der Waals surface area contributed by atoms with Gasteiger partial charge in [0, 0.05) is 12.1 Å². The predicted octanol–water partition coefficient (Wildman–Crippen LogP) is 2.65. The van der Waals surface area contributed by atoms with Crippen LogP contribution in [0.2, 0.25) is 0 Å². The van der Waals surface area contributed by atoms with E-state index in [2.05, 4.69) is 27.0 Å². The zero-order valence-electron chi connectivity index (χ0n) is 12.1. The molecular formula is C17H17N3O.